The fraction of sp³-hybridized carbons (Fsp3) is 0.700. The summed E-state index contributed by atoms with van der Waals surface area (Å²) < 4.78 is 2.11. The average Bonchev–Trinajstić information content (AvgIpc) is 2.61. The smallest absolute Gasteiger partial charge is 0.128 e. The van der Waals surface area contributed by atoms with Crippen LogP contribution in [0.3, 0.4) is 0 Å². The maximum Gasteiger partial charge on any atom is 0.128 e. The topological polar surface area (TPSA) is 29.9 Å². The van der Waals surface area contributed by atoms with Crippen molar-refractivity contribution in [2.75, 3.05) is 13.1 Å². The molecule has 4 heteroatoms. The van der Waals surface area contributed by atoms with E-state index in [1.165, 1.54) is 18.7 Å². The van der Waals surface area contributed by atoms with Gasteiger partial charge in [0.1, 0.15) is 11.0 Å². The zero-order valence-electron chi connectivity index (χ0n) is 8.46. The third-order valence-corrected chi connectivity index (χ3v) is 3.16. The van der Waals surface area contributed by atoms with Gasteiger partial charge in [-0.25, -0.2) is 4.98 Å². The molecule has 0 spiro atoms. The van der Waals surface area contributed by atoms with Gasteiger partial charge in [-0.3, -0.25) is 0 Å². The lowest BCUT2D eigenvalue weighted by Crippen LogP contribution is -2.28. The van der Waals surface area contributed by atoms with Crippen molar-refractivity contribution in [3.05, 3.63) is 17.2 Å². The number of nitrogens with one attached hydrogen (secondary N) is 1. The van der Waals surface area contributed by atoms with E-state index in [9.17, 15) is 0 Å². The van der Waals surface area contributed by atoms with Crippen molar-refractivity contribution in [3.8, 4) is 0 Å². The highest BCUT2D eigenvalue weighted by atomic mass is 35.5. The molecule has 1 aliphatic rings. The van der Waals surface area contributed by atoms with E-state index in [0.29, 0.717) is 5.92 Å². The summed E-state index contributed by atoms with van der Waals surface area (Å²) in [5.41, 5.74) is 0. The molecule has 0 saturated carbocycles. The maximum atomic E-state index is 6.05. The first-order valence-electron chi connectivity index (χ1n) is 5.24. The van der Waals surface area contributed by atoms with E-state index in [1.807, 2.05) is 0 Å². The average molecular weight is 214 g/mol. The Hall–Kier alpha value is -0.540. The Labute approximate surface area is 89.5 Å². The van der Waals surface area contributed by atoms with Gasteiger partial charge in [-0.2, -0.15) is 0 Å². The van der Waals surface area contributed by atoms with Gasteiger partial charge in [-0.1, -0.05) is 11.6 Å². The van der Waals surface area contributed by atoms with Gasteiger partial charge in [0.2, 0.25) is 0 Å². The molecule has 0 atom stereocenters. The molecule has 0 amide bonds. The van der Waals surface area contributed by atoms with Crippen LogP contribution in [0.5, 0.6) is 0 Å². The second kappa shape index (κ2) is 4.32. The minimum atomic E-state index is 0.587. The Morgan fingerprint density at radius 3 is 2.93 bits per heavy atom. The van der Waals surface area contributed by atoms with Crippen molar-refractivity contribution in [2.24, 2.45) is 0 Å². The highest BCUT2D eigenvalue weighted by Crippen LogP contribution is 2.26. The predicted octanol–water partition coefficient (Wildman–Crippen LogP) is 2.02. The van der Waals surface area contributed by atoms with Gasteiger partial charge in [-0.15, -0.1) is 0 Å². The Balaban J connectivity index is 2.21. The van der Waals surface area contributed by atoms with E-state index in [2.05, 4.69) is 21.8 Å². The fourth-order valence-electron chi connectivity index (χ4n) is 2.09. The number of aromatic nitrogens is 2. The molecule has 1 aromatic rings. The zero-order chi connectivity index (χ0) is 9.97. The Morgan fingerprint density at radius 2 is 2.29 bits per heavy atom. The molecule has 0 radical (unpaired) electrons. The molecular formula is C10H16ClN3. The third-order valence-electron chi connectivity index (χ3n) is 2.86. The second-order valence-corrected chi connectivity index (χ2v) is 4.09. The van der Waals surface area contributed by atoms with E-state index in [0.717, 1.165) is 24.8 Å². The normalized spacial score (nSPS) is 18.7. The van der Waals surface area contributed by atoms with Crippen molar-refractivity contribution >= 4 is 11.6 Å². The summed E-state index contributed by atoms with van der Waals surface area (Å²) in [6.07, 6.45) is 4.11. The predicted molar refractivity (Wildman–Crippen MR) is 57.8 cm³/mol. The van der Waals surface area contributed by atoms with E-state index in [4.69, 9.17) is 11.6 Å². The number of hydrogen-bond donors (Lipinski definition) is 1. The number of nitrogens with zero attached hydrogens (tertiary/aromatic N) is 2. The minimum Gasteiger partial charge on any atom is -0.319 e. The van der Waals surface area contributed by atoms with Crippen LogP contribution in [0.2, 0.25) is 5.15 Å². The number of hydrogen-bond acceptors (Lipinski definition) is 2. The van der Waals surface area contributed by atoms with Crippen molar-refractivity contribution in [2.45, 2.75) is 32.2 Å². The molecule has 0 aromatic carbocycles. The van der Waals surface area contributed by atoms with Crippen LogP contribution in [0.1, 0.15) is 31.5 Å². The van der Waals surface area contributed by atoms with Crippen LogP contribution in [-0.2, 0) is 6.54 Å². The first kappa shape index (κ1) is 9.99. The van der Waals surface area contributed by atoms with Gasteiger partial charge in [-0.05, 0) is 32.9 Å². The van der Waals surface area contributed by atoms with Crippen LogP contribution >= 0.6 is 11.6 Å². The molecule has 3 nitrogen and oxygen atoms in total. The highest BCUT2D eigenvalue weighted by molar-refractivity contribution is 6.29. The number of imidazole rings is 1. The molecule has 78 valence electrons. The largest absolute Gasteiger partial charge is 0.319 e. The quantitative estimate of drug-likeness (QED) is 0.815. The number of rotatable bonds is 2. The molecule has 2 rings (SSSR count). The number of piperidine rings is 1. The van der Waals surface area contributed by atoms with Gasteiger partial charge >= 0.3 is 0 Å². The van der Waals surface area contributed by atoms with Crippen molar-refractivity contribution in [1.82, 2.24) is 14.9 Å². The van der Waals surface area contributed by atoms with Crippen molar-refractivity contribution in [1.29, 1.82) is 0 Å². The molecule has 1 saturated heterocycles. The van der Waals surface area contributed by atoms with E-state index >= 15 is 0 Å². The summed E-state index contributed by atoms with van der Waals surface area (Å²) in [4.78, 5) is 4.41. The number of halogens is 1. The van der Waals surface area contributed by atoms with Crippen LogP contribution < -0.4 is 5.32 Å². The summed E-state index contributed by atoms with van der Waals surface area (Å²) in [6.45, 7) is 5.22. The molecule has 14 heavy (non-hydrogen) atoms. The van der Waals surface area contributed by atoms with Gasteiger partial charge in [0, 0.05) is 12.5 Å². The lowest BCUT2D eigenvalue weighted by molar-refractivity contribution is 0.432. The molecule has 1 aromatic heterocycles. The first-order chi connectivity index (χ1) is 6.83. The Morgan fingerprint density at radius 1 is 1.57 bits per heavy atom. The standard InChI is InChI=1S/C10H16ClN3/c1-2-14-9(11)7-13-10(14)8-3-5-12-6-4-8/h7-8,12H,2-6H2,1H3. The van der Waals surface area contributed by atoms with Crippen molar-refractivity contribution in [3.63, 3.8) is 0 Å². The van der Waals surface area contributed by atoms with Crippen LogP contribution in [0.25, 0.3) is 0 Å². The SMILES string of the molecule is CCn1c(Cl)cnc1C1CCNCC1. The van der Waals surface area contributed by atoms with Gasteiger partial charge in [0.25, 0.3) is 0 Å². The fourth-order valence-corrected chi connectivity index (χ4v) is 2.34. The summed E-state index contributed by atoms with van der Waals surface area (Å²) >= 11 is 6.05. The monoisotopic (exact) mass is 213 g/mol. The Bertz CT molecular complexity index is 302. The van der Waals surface area contributed by atoms with E-state index in [1.54, 1.807) is 6.20 Å². The van der Waals surface area contributed by atoms with Crippen LogP contribution in [0, 0.1) is 0 Å². The summed E-state index contributed by atoms with van der Waals surface area (Å²) in [7, 11) is 0. The van der Waals surface area contributed by atoms with E-state index in [-0.39, 0.29) is 0 Å². The third kappa shape index (κ3) is 1.79. The molecule has 1 aliphatic heterocycles. The van der Waals surface area contributed by atoms with Gasteiger partial charge in [0.15, 0.2) is 0 Å². The first-order valence-corrected chi connectivity index (χ1v) is 5.62. The molecule has 2 heterocycles. The lowest BCUT2D eigenvalue weighted by atomic mass is 9.97. The molecule has 1 N–H and O–H groups in total. The zero-order valence-corrected chi connectivity index (χ0v) is 9.22. The van der Waals surface area contributed by atoms with Crippen LogP contribution in [0.4, 0.5) is 0 Å². The minimum absolute atomic E-state index is 0.587. The molecular weight excluding hydrogens is 198 g/mol. The summed E-state index contributed by atoms with van der Waals surface area (Å²) in [5.74, 6) is 1.75. The van der Waals surface area contributed by atoms with Crippen LogP contribution in [-0.4, -0.2) is 22.6 Å². The van der Waals surface area contributed by atoms with Crippen molar-refractivity contribution < 1.29 is 0 Å². The second-order valence-electron chi connectivity index (χ2n) is 3.71. The van der Waals surface area contributed by atoms with Gasteiger partial charge in [0.05, 0.1) is 6.20 Å². The highest BCUT2D eigenvalue weighted by Gasteiger charge is 2.20. The summed E-state index contributed by atoms with van der Waals surface area (Å²) in [6, 6.07) is 0. The maximum absolute atomic E-state index is 6.05. The molecule has 1 fully saturated rings. The van der Waals surface area contributed by atoms with Crippen LogP contribution in [0.15, 0.2) is 6.20 Å². The van der Waals surface area contributed by atoms with E-state index < -0.39 is 0 Å². The molecule has 0 bridgehead atoms. The Kier molecular flexibility index (Phi) is 3.08. The summed E-state index contributed by atoms with van der Waals surface area (Å²) in [5, 5.41) is 4.12. The molecule has 0 aliphatic carbocycles. The van der Waals surface area contributed by atoms with Gasteiger partial charge < -0.3 is 9.88 Å². The molecule has 0 unspecified atom stereocenters. The lowest BCUT2D eigenvalue weighted by Gasteiger charge is -2.22.